The van der Waals surface area contributed by atoms with Crippen molar-refractivity contribution in [2.75, 3.05) is 24.3 Å². The molecule has 2 nitrogen and oxygen atoms in total. The van der Waals surface area contributed by atoms with Crippen molar-refractivity contribution in [3.8, 4) is 0 Å². The maximum atomic E-state index is 3.64. The van der Waals surface area contributed by atoms with Gasteiger partial charge in [0.2, 0.25) is 0 Å². The molecule has 2 aromatic rings. The van der Waals surface area contributed by atoms with Crippen LogP contribution in [0.4, 0.5) is 11.4 Å². The first kappa shape index (κ1) is 13.9. The number of nitrogens with one attached hydrogen (secondary N) is 1. The summed E-state index contributed by atoms with van der Waals surface area (Å²) in [4.78, 5) is 3.51. The molecule has 102 valence electrons. The van der Waals surface area contributed by atoms with Crippen LogP contribution in [0.3, 0.4) is 0 Å². The van der Waals surface area contributed by atoms with Crippen LogP contribution in [0, 0.1) is 5.92 Å². The molecule has 19 heavy (non-hydrogen) atoms. The molecule has 0 amide bonds. The van der Waals surface area contributed by atoms with E-state index in [1.54, 1.807) is 0 Å². The molecule has 1 N–H and O–H groups in total. The van der Waals surface area contributed by atoms with E-state index in [-0.39, 0.29) is 0 Å². The van der Waals surface area contributed by atoms with Crippen molar-refractivity contribution in [3.63, 3.8) is 0 Å². The highest BCUT2D eigenvalue weighted by molar-refractivity contribution is 7.10. The van der Waals surface area contributed by atoms with E-state index in [0.717, 1.165) is 0 Å². The van der Waals surface area contributed by atoms with E-state index >= 15 is 0 Å². The minimum Gasteiger partial charge on any atom is -0.378 e. The Balaban J connectivity index is 2.13. The summed E-state index contributed by atoms with van der Waals surface area (Å²) in [5, 5.41) is 5.78. The number of hydrogen-bond donors (Lipinski definition) is 1. The third kappa shape index (κ3) is 3.51. The van der Waals surface area contributed by atoms with E-state index < -0.39 is 0 Å². The smallest absolute Gasteiger partial charge is 0.0629 e. The minimum absolute atomic E-state index is 0.380. The lowest BCUT2D eigenvalue weighted by Crippen LogP contribution is -2.15. The van der Waals surface area contributed by atoms with Gasteiger partial charge in [-0.2, -0.15) is 0 Å². The molecule has 2 rings (SSSR count). The summed E-state index contributed by atoms with van der Waals surface area (Å²) in [6.07, 6.45) is 0. The first-order chi connectivity index (χ1) is 9.08. The molecule has 1 aromatic carbocycles. The maximum Gasteiger partial charge on any atom is 0.0629 e. The third-order valence-corrected chi connectivity index (χ3v) is 4.18. The highest BCUT2D eigenvalue weighted by Crippen LogP contribution is 2.30. The summed E-state index contributed by atoms with van der Waals surface area (Å²) in [5.41, 5.74) is 2.40. The minimum atomic E-state index is 0.380. The van der Waals surface area contributed by atoms with Gasteiger partial charge in [-0.05, 0) is 41.6 Å². The molecule has 1 aromatic heterocycles. The van der Waals surface area contributed by atoms with E-state index in [0.29, 0.717) is 12.0 Å². The predicted octanol–water partition coefficient (Wildman–Crippen LogP) is 4.62. The first-order valence-corrected chi connectivity index (χ1v) is 7.53. The fraction of sp³-hybridized carbons (Fsp3) is 0.375. The molecule has 1 unspecified atom stereocenters. The second-order valence-electron chi connectivity index (χ2n) is 5.32. The van der Waals surface area contributed by atoms with E-state index in [1.807, 2.05) is 11.3 Å². The Labute approximate surface area is 120 Å². The van der Waals surface area contributed by atoms with Crippen LogP contribution in [-0.4, -0.2) is 14.1 Å². The molecule has 0 bridgehead atoms. The Morgan fingerprint density at radius 3 is 2.21 bits per heavy atom. The molecular formula is C16H22N2S. The second kappa shape index (κ2) is 6.11. The molecule has 0 aliphatic heterocycles. The predicted molar refractivity (Wildman–Crippen MR) is 86.3 cm³/mol. The van der Waals surface area contributed by atoms with Crippen LogP contribution in [0.2, 0.25) is 0 Å². The quantitative estimate of drug-likeness (QED) is 0.855. The van der Waals surface area contributed by atoms with Crippen LogP contribution < -0.4 is 10.2 Å². The Morgan fingerprint density at radius 1 is 1.05 bits per heavy atom. The Hall–Kier alpha value is -1.48. The van der Waals surface area contributed by atoms with Gasteiger partial charge in [0.25, 0.3) is 0 Å². The average molecular weight is 274 g/mol. The molecule has 0 aliphatic rings. The monoisotopic (exact) mass is 274 g/mol. The van der Waals surface area contributed by atoms with Gasteiger partial charge in [-0.1, -0.05) is 19.9 Å². The number of benzene rings is 1. The number of hydrogen-bond acceptors (Lipinski definition) is 3. The van der Waals surface area contributed by atoms with E-state index in [2.05, 4.69) is 79.9 Å². The second-order valence-corrected chi connectivity index (χ2v) is 6.30. The average Bonchev–Trinajstić information content (AvgIpc) is 2.89. The number of anilines is 2. The van der Waals surface area contributed by atoms with Crippen LogP contribution in [0.5, 0.6) is 0 Å². The van der Waals surface area contributed by atoms with Gasteiger partial charge in [0.15, 0.2) is 0 Å². The van der Waals surface area contributed by atoms with Crippen LogP contribution in [0.15, 0.2) is 41.8 Å². The van der Waals surface area contributed by atoms with Crippen molar-refractivity contribution in [2.45, 2.75) is 19.9 Å². The molecule has 0 fully saturated rings. The standard InChI is InChI=1S/C16H22N2S/c1-12(2)16(15-6-5-11-19-15)17-13-7-9-14(10-8-13)18(3)4/h5-12,16-17H,1-4H3. The summed E-state index contributed by atoms with van der Waals surface area (Å²) in [6.45, 7) is 4.51. The van der Waals surface area contributed by atoms with Crippen LogP contribution >= 0.6 is 11.3 Å². The fourth-order valence-corrected chi connectivity index (χ4v) is 3.02. The molecule has 0 saturated carbocycles. The molecule has 0 radical (unpaired) electrons. The van der Waals surface area contributed by atoms with Gasteiger partial charge in [0.05, 0.1) is 6.04 Å². The van der Waals surface area contributed by atoms with E-state index in [9.17, 15) is 0 Å². The van der Waals surface area contributed by atoms with E-state index in [1.165, 1.54) is 16.3 Å². The lowest BCUT2D eigenvalue weighted by Gasteiger charge is -2.23. The highest BCUT2D eigenvalue weighted by atomic mass is 32.1. The number of thiophene rings is 1. The van der Waals surface area contributed by atoms with Gasteiger partial charge < -0.3 is 10.2 Å². The van der Waals surface area contributed by atoms with Gasteiger partial charge in [0, 0.05) is 30.3 Å². The van der Waals surface area contributed by atoms with Crippen LogP contribution in [-0.2, 0) is 0 Å². The van der Waals surface area contributed by atoms with Crippen LogP contribution in [0.25, 0.3) is 0 Å². The molecule has 3 heteroatoms. The molecule has 1 heterocycles. The topological polar surface area (TPSA) is 15.3 Å². The first-order valence-electron chi connectivity index (χ1n) is 6.65. The summed E-state index contributed by atoms with van der Waals surface area (Å²) in [5.74, 6) is 0.562. The zero-order valence-corrected chi connectivity index (χ0v) is 12.9. The SMILES string of the molecule is CC(C)C(Nc1ccc(N(C)C)cc1)c1cccs1. The highest BCUT2D eigenvalue weighted by Gasteiger charge is 2.16. The van der Waals surface area contributed by atoms with Crippen molar-refractivity contribution in [3.05, 3.63) is 46.7 Å². The van der Waals surface area contributed by atoms with Gasteiger partial charge in [-0.15, -0.1) is 11.3 Å². The number of rotatable bonds is 5. The Kier molecular flexibility index (Phi) is 4.48. The maximum absolute atomic E-state index is 3.64. The van der Waals surface area contributed by atoms with Crippen LogP contribution in [0.1, 0.15) is 24.8 Å². The van der Waals surface area contributed by atoms with Crippen molar-refractivity contribution in [1.82, 2.24) is 0 Å². The van der Waals surface area contributed by atoms with Crippen molar-refractivity contribution in [1.29, 1.82) is 0 Å². The number of nitrogens with zero attached hydrogens (tertiary/aromatic N) is 1. The van der Waals surface area contributed by atoms with Gasteiger partial charge >= 0.3 is 0 Å². The van der Waals surface area contributed by atoms with Crippen molar-refractivity contribution < 1.29 is 0 Å². The van der Waals surface area contributed by atoms with Crippen molar-refractivity contribution >= 4 is 22.7 Å². The molecule has 0 aliphatic carbocycles. The molecule has 0 spiro atoms. The lowest BCUT2D eigenvalue weighted by molar-refractivity contribution is 0.554. The third-order valence-electron chi connectivity index (χ3n) is 3.22. The lowest BCUT2D eigenvalue weighted by atomic mass is 10.0. The van der Waals surface area contributed by atoms with Crippen molar-refractivity contribution in [2.24, 2.45) is 5.92 Å². The zero-order chi connectivity index (χ0) is 13.8. The normalized spacial score (nSPS) is 12.5. The fourth-order valence-electron chi connectivity index (χ4n) is 2.07. The zero-order valence-electron chi connectivity index (χ0n) is 12.1. The van der Waals surface area contributed by atoms with E-state index in [4.69, 9.17) is 0 Å². The summed E-state index contributed by atoms with van der Waals surface area (Å²) in [6, 6.07) is 13.3. The molecule has 0 saturated heterocycles. The Morgan fingerprint density at radius 2 is 1.74 bits per heavy atom. The Bertz CT molecular complexity index is 486. The molecular weight excluding hydrogens is 252 g/mol. The molecule has 1 atom stereocenters. The van der Waals surface area contributed by atoms with Gasteiger partial charge in [-0.25, -0.2) is 0 Å². The summed E-state index contributed by atoms with van der Waals surface area (Å²) < 4.78 is 0. The van der Waals surface area contributed by atoms with Gasteiger partial charge in [-0.3, -0.25) is 0 Å². The summed E-state index contributed by atoms with van der Waals surface area (Å²) in [7, 11) is 4.12. The largest absolute Gasteiger partial charge is 0.378 e. The summed E-state index contributed by atoms with van der Waals surface area (Å²) >= 11 is 1.82. The van der Waals surface area contributed by atoms with Gasteiger partial charge in [0.1, 0.15) is 0 Å².